The van der Waals surface area contributed by atoms with Gasteiger partial charge in [-0.05, 0) is 32.4 Å². The van der Waals surface area contributed by atoms with Crippen LogP contribution < -0.4 is 11.0 Å². The lowest BCUT2D eigenvalue weighted by molar-refractivity contribution is -0.122. The van der Waals surface area contributed by atoms with Crippen LogP contribution in [0.3, 0.4) is 0 Å². The molecule has 1 amide bonds. The highest BCUT2D eigenvalue weighted by Crippen LogP contribution is 2.26. The van der Waals surface area contributed by atoms with Gasteiger partial charge in [-0.1, -0.05) is 12.1 Å². The zero-order valence-corrected chi connectivity index (χ0v) is 19.4. The van der Waals surface area contributed by atoms with E-state index in [-0.39, 0.29) is 24.2 Å². The van der Waals surface area contributed by atoms with Crippen molar-refractivity contribution < 1.29 is 4.79 Å². The van der Waals surface area contributed by atoms with Crippen LogP contribution >= 0.6 is 0 Å². The van der Waals surface area contributed by atoms with E-state index in [0.29, 0.717) is 22.5 Å². The third-order valence-corrected chi connectivity index (χ3v) is 5.72. The third kappa shape index (κ3) is 3.53. The Morgan fingerprint density at radius 3 is 2.62 bits per heavy atom. The summed E-state index contributed by atoms with van der Waals surface area (Å²) in [6, 6.07) is 5.61. The van der Waals surface area contributed by atoms with E-state index in [1.54, 1.807) is 35.7 Å². The average Bonchev–Trinajstić information content (AvgIpc) is 3.32. The van der Waals surface area contributed by atoms with Crippen LogP contribution in [0.4, 0.5) is 0 Å². The molecule has 1 N–H and O–H groups in total. The fraction of sp³-hybridized carbons (Fsp3) is 0.250. The second-order valence-electron chi connectivity index (χ2n) is 8.52. The maximum absolute atomic E-state index is 13.5. The van der Waals surface area contributed by atoms with E-state index in [4.69, 9.17) is 0 Å². The molecule has 0 saturated heterocycles. The van der Waals surface area contributed by atoms with Crippen molar-refractivity contribution in [3.05, 3.63) is 65.2 Å². The quantitative estimate of drug-likeness (QED) is 0.434. The largest absolute Gasteiger partial charge is 0.352 e. The number of aryl methyl sites for hydroxylation is 2. The molecule has 4 heterocycles. The highest BCUT2D eigenvalue weighted by Gasteiger charge is 2.20. The summed E-state index contributed by atoms with van der Waals surface area (Å²) in [4.78, 5) is 39.3. The first-order chi connectivity index (χ1) is 16.3. The van der Waals surface area contributed by atoms with Crippen molar-refractivity contribution in [3.8, 4) is 17.1 Å². The predicted molar refractivity (Wildman–Crippen MR) is 129 cm³/mol. The number of carbonyl (C=O) groups excluding carboxylic acids is 1. The third-order valence-electron chi connectivity index (χ3n) is 5.72. The van der Waals surface area contributed by atoms with Gasteiger partial charge >= 0.3 is 5.69 Å². The van der Waals surface area contributed by atoms with Crippen LogP contribution in [0.15, 0.2) is 54.0 Å². The number of hydrogen-bond acceptors (Lipinski definition) is 6. The van der Waals surface area contributed by atoms with Gasteiger partial charge in [0.2, 0.25) is 5.91 Å². The summed E-state index contributed by atoms with van der Waals surface area (Å²) in [5.41, 5.74) is 4.23. The highest BCUT2D eigenvalue weighted by molar-refractivity contribution is 5.92. The van der Waals surface area contributed by atoms with Gasteiger partial charge in [-0.15, -0.1) is 0 Å². The smallest absolute Gasteiger partial charge is 0.335 e. The number of pyridine rings is 1. The van der Waals surface area contributed by atoms with E-state index in [1.165, 1.54) is 9.13 Å². The van der Waals surface area contributed by atoms with Crippen LogP contribution in [0.1, 0.15) is 19.4 Å². The second kappa shape index (κ2) is 8.22. The van der Waals surface area contributed by atoms with E-state index >= 15 is 0 Å². The Balaban J connectivity index is 1.61. The van der Waals surface area contributed by atoms with Crippen LogP contribution in [0.5, 0.6) is 0 Å². The molecule has 10 heteroatoms. The van der Waals surface area contributed by atoms with Crippen molar-refractivity contribution in [2.75, 3.05) is 0 Å². The molecule has 5 aromatic rings. The maximum atomic E-state index is 13.5. The number of fused-ring (bicyclic) bond motifs is 2. The van der Waals surface area contributed by atoms with Gasteiger partial charge in [0.1, 0.15) is 6.54 Å². The minimum absolute atomic E-state index is 0.0181. The zero-order valence-electron chi connectivity index (χ0n) is 19.4. The predicted octanol–water partition coefficient (Wildman–Crippen LogP) is 2.36. The first-order valence-electron chi connectivity index (χ1n) is 10.9. The molecule has 0 saturated carbocycles. The van der Waals surface area contributed by atoms with Crippen LogP contribution in [0.2, 0.25) is 0 Å². The molecule has 34 heavy (non-hydrogen) atoms. The molecular weight excluding hydrogens is 432 g/mol. The second-order valence-corrected chi connectivity index (χ2v) is 8.52. The standard InChI is InChI=1S/C24H24N8O2/c1-14(2)29-22(33)13-31-19-7-5-6-15(3)23(19)32(24(31)34)21-12-26-18(10-27-21)16-8-25-11-20-17(16)9-28-30(20)4/h5-12,14H,13H2,1-4H3,(H,29,33). The van der Waals surface area contributed by atoms with Crippen LogP contribution in [-0.2, 0) is 18.4 Å². The molecule has 4 aromatic heterocycles. The van der Waals surface area contributed by atoms with Gasteiger partial charge in [-0.2, -0.15) is 5.10 Å². The summed E-state index contributed by atoms with van der Waals surface area (Å²) < 4.78 is 4.73. The minimum Gasteiger partial charge on any atom is -0.352 e. The van der Waals surface area contributed by atoms with Gasteiger partial charge in [0, 0.05) is 30.2 Å². The van der Waals surface area contributed by atoms with E-state index in [9.17, 15) is 9.59 Å². The number of amides is 1. The van der Waals surface area contributed by atoms with Gasteiger partial charge in [-0.25, -0.2) is 14.3 Å². The van der Waals surface area contributed by atoms with Crippen molar-refractivity contribution in [1.82, 2.24) is 39.2 Å². The molecule has 0 bridgehead atoms. The van der Waals surface area contributed by atoms with Gasteiger partial charge in [-0.3, -0.25) is 24.0 Å². The van der Waals surface area contributed by atoms with Crippen molar-refractivity contribution in [2.45, 2.75) is 33.4 Å². The Morgan fingerprint density at radius 2 is 1.88 bits per heavy atom. The van der Waals surface area contributed by atoms with Crippen molar-refractivity contribution in [1.29, 1.82) is 0 Å². The number of nitrogens with zero attached hydrogens (tertiary/aromatic N) is 7. The molecule has 0 atom stereocenters. The van der Waals surface area contributed by atoms with Gasteiger partial charge in [0.25, 0.3) is 0 Å². The lowest BCUT2D eigenvalue weighted by Gasteiger charge is -2.08. The van der Waals surface area contributed by atoms with Crippen LogP contribution in [-0.4, -0.2) is 45.8 Å². The van der Waals surface area contributed by atoms with E-state index in [0.717, 1.165) is 22.0 Å². The molecule has 0 spiro atoms. The normalized spacial score (nSPS) is 11.6. The number of carbonyl (C=O) groups is 1. The summed E-state index contributed by atoms with van der Waals surface area (Å²) in [5, 5.41) is 8.05. The summed E-state index contributed by atoms with van der Waals surface area (Å²) in [7, 11) is 1.86. The number of rotatable bonds is 5. The monoisotopic (exact) mass is 456 g/mol. The Morgan fingerprint density at radius 1 is 1.06 bits per heavy atom. The lowest BCUT2D eigenvalue weighted by Crippen LogP contribution is -2.36. The zero-order chi connectivity index (χ0) is 24.0. The molecule has 0 fully saturated rings. The number of imidazole rings is 1. The first-order valence-corrected chi connectivity index (χ1v) is 10.9. The van der Waals surface area contributed by atoms with Gasteiger partial charge < -0.3 is 5.32 Å². The molecule has 0 aliphatic carbocycles. The molecule has 5 rings (SSSR count). The van der Waals surface area contributed by atoms with Crippen LogP contribution in [0.25, 0.3) is 39.0 Å². The molecule has 1 aromatic carbocycles. The van der Waals surface area contributed by atoms with Crippen molar-refractivity contribution in [3.63, 3.8) is 0 Å². The average molecular weight is 457 g/mol. The lowest BCUT2D eigenvalue weighted by atomic mass is 10.1. The molecule has 0 unspecified atom stereocenters. The summed E-state index contributed by atoms with van der Waals surface area (Å²) in [6.07, 6.45) is 8.43. The van der Waals surface area contributed by atoms with Crippen LogP contribution in [0, 0.1) is 6.92 Å². The Hall–Kier alpha value is -4.34. The minimum atomic E-state index is -0.346. The fourth-order valence-corrected chi connectivity index (χ4v) is 4.19. The Bertz CT molecular complexity index is 1590. The molecule has 0 aliphatic rings. The van der Waals surface area contributed by atoms with Gasteiger partial charge in [0.05, 0.1) is 47.0 Å². The number of para-hydroxylation sites is 1. The van der Waals surface area contributed by atoms with Crippen molar-refractivity contribution in [2.24, 2.45) is 7.05 Å². The molecule has 0 aliphatic heterocycles. The molecular formula is C24H24N8O2. The summed E-state index contributed by atoms with van der Waals surface area (Å²) >= 11 is 0. The van der Waals surface area contributed by atoms with E-state index < -0.39 is 0 Å². The SMILES string of the molecule is Cc1cccc2c1n(-c1cnc(-c3cncc4c3cnn4C)cn1)c(=O)n2CC(=O)NC(C)C. The maximum Gasteiger partial charge on any atom is 0.335 e. The highest BCUT2D eigenvalue weighted by atomic mass is 16.2. The summed E-state index contributed by atoms with van der Waals surface area (Å²) in [5.74, 6) is 0.151. The molecule has 10 nitrogen and oxygen atoms in total. The Kier molecular flexibility index (Phi) is 5.20. The van der Waals surface area contributed by atoms with Crippen molar-refractivity contribution >= 4 is 27.8 Å². The molecule has 0 radical (unpaired) electrons. The number of hydrogen-bond donors (Lipinski definition) is 1. The number of aromatic nitrogens is 7. The van der Waals surface area contributed by atoms with E-state index in [1.807, 2.05) is 46.0 Å². The van der Waals surface area contributed by atoms with Gasteiger partial charge in [0.15, 0.2) is 5.82 Å². The Labute approximate surface area is 194 Å². The van der Waals surface area contributed by atoms with E-state index in [2.05, 4.69) is 25.4 Å². The number of nitrogens with one attached hydrogen (secondary N) is 1. The first kappa shape index (κ1) is 21.5. The fourth-order valence-electron chi connectivity index (χ4n) is 4.19. The number of benzene rings is 1. The summed E-state index contributed by atoms with van der Waals surface area (Å²) in [6.45, 7) is 5.61. The topological polar surface area (TPSA) is 113 Å². The molecule has 172 valence electrons.